The molecule has 62 heavy (non-hydrogen) atoms. The molecule has 0 bridgehead atoms. The van der Waals surface area contributed by atoms with E-state index >= 15 is 0 Å². The van der Waals surface area contributed by atoms with Crippen molar-refractivity contribution in [3.8, 4) is 11.1 Å². The third kappa shape index (κ3) is 15.7. The van der Waals surface area contributed by atoms with Crippen LogP contribution in [0.4, 0.5) is 4.79 Å². The number of nitrogens with two attached hydrogens (primary N) is 3. The Labute approximate surface area is 368 Å². The van der Waals surface area contributed by atoms with Crippen molar-refractivity contribution in [3.63, 3.8) is 0 Å². The van der Waals surface area contributed by atoms with Gasteiger partial charge in [0.25, 0.3) is 0 Å². The van der Waals surface area contributed by atoms with E-state index in [1.54, 1.807) is 13.8 Å². The highest BCUT2D eigenvalue weighted by molar-refractivity contribution is 8.77. The van der Waals surface area contributed by atoms with Crippen molar-refractivity contribution < 1.29 is 48.5 Å². The van der Waals surface area contributed by atoms with Gasteiger partial charge >= 0.3 is 12.1 Å². The lowest BCUT2D eigenvalue weighted by molar-refractivity contribution is -0.141. The molecule has 0 saturated heterocycles. The predicted molar refractivity (Wildman–Crippen MR) is 237 cm³/mol. The molecule has 0 aliphatic heterocycles. The highest BCUT2D eigenvalue weighted by Gasteiger charge is 2.36. The van der Waals surface area contributed by atoms with Gasteiger partial charge in [0.05, 0.1) is 13.0 Å². The molecule has 1 aliphatic rings. The van der Waals surface area contributed by atoms with Gasteiger partial charge in [-0.05, 0) is 41.0 Å². The van der Waals surface area contributed by atoms with Crippen LogP contribution in [-0.4, -0.2) is 118 Å². The second-order valence-electron chi connectivity index (χ2n) is 15.7. The highest BCUT2D eigenvalue weighted by Crippen LogP contribution is 2.44. The van der Waals surface area contributed by atoms with Gasteiger partial charge in [0.2, 0.25) is 29.5 Å². The number of primary amides is 1. The molecule has 6 unspecified atom stereocenters. The van der Waals surface area contributed by atoms with Crippen LogP contribution in [0.25, 0.3) is 11.1 Å². The smallest absolute Gasteiger partial charge is 0.407 e. The molecule has 19 nitrogen and oxygen atoms in total. The molecule has 0 fully saturated rings. The summed E-state index contributed by atoms with van der Waals surface area (Å²) in [6, 6.07) is 8.40. The molecule has 6 amide bonds. The third-order valence-corrected chi connectivity index (χ3v) is 13.1. The summed E-state index contributed by atoms with van der Waals surface area (Å²) in [5.74, 6) is -7.15. The normalized spacial score (nSPS) is 14.9. The van der Waals surface area contributed by atoms with Gasteiger partial charge in [-0.3, -0.25) is 33.8 Å². The molecule has 3 rings (SSSR count). The Hall–Kier alpha value is -5.54. The zero-order valence-electron chi connectivity index (χ0n) is 35.5. The number of hydrogen-bond donors (Lipinski definition) is 10. The van der Waals surface area contributed by atoms with E-state index in [9.17, 15) is 43.8 Å². The Kier molecular flexibility index (Phi) is 19.8. The quantitative estimate of drug-likeness (QED) is 0.0305. The van der Waals surface area contributed by atoms with Crippen LogP contribution in [0.5, 0.6) is 0 Å². The number of rotatable bonds is 24. The van der Waals surface area contributed by atoms with E-state index in [0.717, 1.165) is 22.3 Å². The van der Waals surface area contributed by atoms with Gasteiger partial charge in [-0.15, -0.1) is 0 Å². The zero-order chi connectivity index (χ0) is 46.1. The molecule has 21 heteroatoms. The van der Waals surface area contributed by atoms with Crippen LogP contribution in [0.2, 0.25) is 0 Å². The molecule has 0 aromatic heterocycles. The third-order valence-electron chi connectivity index (χ3n) is 9.72. The Bertz CT molecular complexity index is 1900. The van der Waals surface area contributed by atoms with E-state index in [2.05, 4.69) is 31.6 Å². The van der Waals surface area contributed by atoms with Crippen LogP contribution < -0.4 is 43.8 Å². The SMILES string of the molecule is CCC(C)C(NC(=O)C(CC(=O)O)NC(=O)C(CSSC(C)(C)C)NC(=O)OCC1c2ccccc2-c2ccccc21)C(=O)NC(CO)C(=O)NC(CCCN=C(N)N)C(N)=O. The first-order valence-electron chi connectivity index (χ1n) is 20.1. The van der Waals surface area contributed by atoms with Crippen LogP contribution >= 0.6 is 21.6 Å². The fraction of sp³-hybridized carbons (Fsp3) is 0.512. The van der Waals surface area contributed by atoms with E-state index in [0.29, 0.717) is 6.42 Å². The number of benzene rings is 2. The molecule has 1 aliphatic carbocycles. The van der Waals surface area contributed by atoms with Crippen molar-refractivity contribution >= 4 is 69.1 Å². The van der Waals surface area contributed by atoms with Crippen LogP contribution in [0.1, 0.15) is 77.3 Å². The lowest BCUT2D eigenvalue weighted by Gasteiger charge is -2.28. The van der Waals surface area contributed by atoms with Gasteiger partial charge < -0.3 is 58.7 Å². The van der Waals surface area contributed by atoms with Crippen LogP contribution in [0, 0.1) is 5.92 Å². The summed E-state index contributed by atoms with van der Waals surface area (Å²) in [4.78, 5) is 95.5. The number of carbonyl (C=O) groups is 7. The maximum Gasteiger partial charge on any atom is 0.407 e. The van der Waals surface area contributed by atoms with Gasteiger partial charge in [-0.25, -0.2) is 4.79 Å². The van der Waals surface area contributed by atoms with Crippen LogP contribution in [-0.2, 0) is 33.5 Å². The molecule has 0 radical (unpaired) electrons. The molecule has 0 saturated carbocycles. The number of aliphatic hydroxyl groups excluding tert-OH is 1. The molecule has 340 valence electrons. The lowest BCUT2D eigenvalue weighted by Crippen LogP contribution is -2.61. The molecule has 2 aromatic rings. The first-order valence-corrected chi connectivity index (χ1v) is 22.4. The minimum Gasteiger partial charge on any atom is -0.481 e. The standard InChI is InChI=1S/C41H59N9O10S2/c1-6-22(2)33(38(58)48-30(19-51)36(56)46-28(34(42)54)16-11-17-45-39(43)44)50-35(55)29(18-32(52)53)47-37(57)31(21-61-62-41(3,4)5)49-40(59)60-20-27-25-14-9-7-12-23(25)24-13-8-10-15-26(24)27/h7-10,12-15,22,27-31,33,51H,6,11,16-21H2,1-5H3,(H2,42,54)(H,46,56)(H,47,57)(H,48,58)(H,49,59)(H,50,55)(H,52,53)(H4,43,44,45). The van der Waals surface area contributed by atoms with Gasteiger partial charge in [0.1, 0.15) is 36.8 Å². The van der Waals surface area contributed by atoms with Crippen molar-refractivity contribution in [3.05, 3.63) is 59.7 Å². The Balaban J connectivity index is 1.75. The van der Waals surface area contributed by atoms with Gasteiger partial charge in [0.15, 0.2) is 5.96 Å². The summed E-state index contributed by atoms with van der Waals surface area (Å²) in [6.45, 7) is 8.42. The molecule has 13 N–H and O–H groups in total. The molecule has 2 aromatic carbocycles. The van der Waals surface area contributed by atoms with Crippen LogP contribution in [0.3, 0.4) is 0 Å². The maximum absolute atomic E-state index is 13.9. The van der Waals surface area contributed by atoms with E-state index in [1.165, 1.54) is 21.6 Å². The number of amides is 6. The minimum absolute atomic E-state index is 0.00870. The summed E-state index contributed by atoms with van der Waals surface area (Å²) in [6.07, 6.45) is -1.18. The lowest BCUT2D eigenvalue weighted by atomic mass is 9.97. The van der Waals surface area contributed by atoms with Gasteiger partial charge in [0, 0.05) is 23.0 Å². The largest absolute Gasteiger partial charge is 0.481 e. The Morgan fingerprint density at radius 3 is 1.87 bits per heavy atom. The molecule has 0 heterocycles. The van der Waals surface area contributed by atoms with Crippen LogP contribution in [0.15, 0.2) is 53.5 Å². The minimum atomic E-state index is -1.72. The Morgan fingerprint density at radius 2 is 1.34 bits per heavy atom. The molecular weight excluding hydrogens is 843 g/mol. The summed E-state index contributed by atoms with van der Waals surface area (Å²) in [5.41, 5.74) is 20.1. The summed E-state index contributed by atoms with van der Waals surface area (Å²) in [7, 11) is 2.72. The first-order chi connectivity index (χ1) is 29.3. The second kappa shape index (κ2) is 24.2. The van der Waals surface area contributed by atoms with Crippen molar-refractivity contribution in [2.24, 2.45) is 28.1 Å². The highest BCUT2D eigenvalue weighted by atomic mass is 33.1. The average Bonchev–Trinajstić information content (AvgIpc) is 3.53. The predicted octanol–water partition coefficient (Wildman–Crippen LogP) is 1.06. The number of hydrogen-bond acceptors (Lipinski definition) is 12. The van der Waals surface area contributed by atoms with E-state index in [1.807, 2.05) is 69.3 Å². The van der Waals surface area contributed by atoms with Gasteiger partial charge in [-0.1, -0.05) is 111 Å². The van der Waals surface area contributed by atoms with Crippen molar-refractivity contribution in [1.82, 2.24) is 26.6 Å². The summed E-state index contributed by atoms with van der Waals surface area (Å²) >= 11 is 0. The molecular formula is C41H59N9O10S2. The average molecular weight is 902 g/mol. The van der Waals surface area contributed by atoms with Crippen molar-refractivity contribution in [1.29, 1.82) is 0 Å². The fourth-order valence-electron chi connectivity index (χ4n) is 6.37. The van der Waals surface area contributed by atoms with E-state index in [-0.39, 0.29) is 48.4 Å². The number of alkyl carbamates (subject to hydrolysis) is 1. The number of carboxylic acid groups (broad SMARTS) is 1. The molecule has 6 atom stereocenters. The van der Waals surface area contributed by atoms with Crippen molar-refractivity contribution in [2.75, 3.05) is 25.5 Å². The van der Waals surface area contributed by atoms with E-state index < -0.39 is 90.8 Å². The number of carbonyl (C=O) groups excluding carboxylic acids is 6. The number of nitrogens with one attached hydrogen (secondary N) is 5. The summed E-state index contributed by atoms with van der Waals surface area (Å²) < 4.78 is 5.44. The number of carboxylic acids is 1. The summed E-state index contributed by atoms with van der Waals surface area (Å²) in [5, 5.41) is 32.0. The number of guanidine groups is 1. The monoisotopic (exact) mass is 901 g/mol. The maximum atomic E-state index is 13.9. The van der Waals surface area contributed by atoms with Crippen molar-refractivity contribution in [2.45, 2.75) is 101 Å². The number of aliphatic hydroxyl groups is 1. The van der Waals surface area contributed by atoms with Gasteiger partial charge in [-0.2, -0.15) is 0 Å². The topological polar surface area (TPSA) is 320 Å². The second-order valence-corrected chi connectivity index (χ2v) is 18.9. The number of nitrogens with zero attached hydrogens (tertiary/aromatic N) is 1. The van der Waals surface area contributed by atoms with E-state index in [4.69, 9.17) is 21.9 Å². The first kappa shape index (κ1) is 50.8. The number of aliphatic carboxylic acids is 1. The number of fused-ring (bicyclic) bond motifs is 3. The number of aliphatic imine (C=N–C) groups is 1. The Morgan fingerprint density at radius 1 is 0.790 bits per heavy atom. The molecule has 0 spiro atoms. The fourth-order valence-corrected chi connectivity index (χ4v) is 8.84. The number of ether oxygens (including phenoxy) is 1. The zero-order valence-corrected chi connectivity index (χ0v) is 37.1.